The van der Waals surface area contributed by atoms with Crippen LogP contribution >= 0.6 is 11.6 Å². The second-order valence-electron chi connectivity index (χ2n) is 4.20. The highest BCUT2D eigenvalue weighted by atomic mass is 35.5. The van der Waals surface area contributed by atoms with E-state index in [-0.39, 0.29) is 16.4 Å². The number of methoxy groups -OCH3 is 1. The summed E-state index contributed by atoms with van der Waals surface area (Å²) in [4.78, 5) is 15.4. The molecule has 0 unspecified atom stereocenters. The molecule has 0 fully saturated rings. The van der Waals surface area contributed by atoms with Crippen LogP contribution in [-0.2, 0) is 15.7 Å². The summed E-state index contributed by atoms with van der Waals surface area (Å²) in [5, 5.41) is 6.36. The number of alkyl halides is 3. The van der Waals surface area contributed by atoms with Crippen molar-refractivity contribution in [2.45, 2.75) is 6.18 Å². The van der Waals surface area contributed by atoms with Crippen molar-refractivity contribution in [2.75, 3.05) is 12.4 Å². The molecule has 2 rings (SSSR count). The lowest BCUT2D eigenvalue weighted by Crippen LogP contribution is -2.13. The van der Waals surface area contributed by atoms with Crippen molar-refractivity contribution in [3.8, 4) is 0 Å². The smallest absolute Gasteiger partial charge is 0.416 e. The minimum absolute atomic E-state index is 0.0250. The van der Waals surface area contributed by atoms with Crippen molar-refractivity contribution in [1.29, 1.82) is 0 Å². The first-order valence-electron chi connectivity index (χ1n) is 6.09. The number of rotatable bonds is 4. The van der Waals surface area contributed by atoms with E-state index in [9.17, 15) is 18.0 Å². The number of ether oxygens (including phenoxy) is 1. The molecule has 2 aromatic rings. The maximum Gasteiger partial charge on any atom is 0.416 e. The molecule has 0 aliphatic carbocycles. The number of esters is 1. The molecule has 1 aromatic carbocycles. The molecular formula is C13H10ClF3N4O2. The molecule has 0 bridgehead atoms. The van der Waals surface area contributed by atoms with E-state index >= 15 is 0 Å². The Morgan fingerprint density at radius 2 is 2.17 bits per heavy atom. The lowest BCUT2D eigenvalue weighted by atomic mass is 10.2. The molecule has 1 aromatic heterocycles. The Balaban J connectivity index is 2.35. The van der Waals surface area contributed by atoms with Crippen LogP contribution in [0.25, 0.3) is 5.70 Å². The van der Waals surface area contributed by atoms with Crippen molar-refractivity contribution in [3.05, 3.63) is 47.6 Å². The van der Waals surface area contributed by atoms with Crippen molar-refractivity contribution < 1.29 is 22.7 Å². The fourth-order valence-corrected chi connectivity index (χ4v) is 1.79. The fraction of sp³-hybridized carbons (Fsp3) is 0.154. The summed E-state index contributed by atoms with van der Waals surface area (Å²) in [6.45, 7) is 0. The van der Waals surface area contributed by atoms with E-state index < -0.39 is 17.7 Å². The minimum atomic E-state index is -4.51. The number of carbonyl (C=O) groups excluding carboxylic acids is 1. The zero-order valence-corrected chi connectivity index (χ0v) is 12.4. The Labute approximate surface area is 133 Å². The normalized spacial score (nSPS) is 12.1. The average Bonchev–Trinajstić information content (AvgIpc) is 3.01. The predicted octanol–water partition coefficient (Wildman–Crippen LogP) is 3.03. The Hall–Kier alpha value is -2.55. The lowest BCUT2D eigenvalue weighted by molar-refractivity contribution is -0.137. The van der Waals surface area contributed by atoms with Gasteiger partial charge in [0.05, 0.1) is 23.4 Å². The largest absolute Gasteiger partial charge is 0.464 e. The number of nitrogens with one attached hydrogen (secondary N) is 1. The van der Waals surface area contributed by atoms with E-state index in [0.29, 0.717) is 0 Å². The number of aromatic nitrogens is 3. The Morgan fingerprint density at radius 3 is 2.74 bits per heavy atom. The van der Waals surface area contributed by atoms with Gasteiger partial charge in [-0.1, -0.05) is 11.6 Å². The number of anilines is 1. The third kappa shape index (κ3) is 4.01. The highest BCUT2D eigenvalue weighted by molar-refractivity contribution is 6.33. The SMILES string of the molecule is COC(=O)/C(=C\Nc1cc(C(F)(F)F)ccc1Cl)n1cncn1. The van der Waals surface area contributed by atoms with Gasteiger partial charge in [0.1, 0.15) is 12.7 Å². The van der Waals surface area contributed by atoms with Crippen LogP contribution in [0.3, 0.4) is 0 Å². The van der Waals surface area contributed by atoms with Gasteiger partial charge in [-0.3, -0.25) is 0 Å². The summed E-state index contributed by atoms with van der Waals surface area (Å²) in [6.07, 6.45) is -0.962. The molecule has 0 saturated heterocycles. The van der Waals surface area contributed by atoms with E-state index in [2.05, 4.69) is 20.1 Å². The zero-order valence-electron chi connectivity index (χ0n) is 11.6. The molecule has 0 amide bonds. The molecule has 0 spiro atoms. The van der Waals surface area contributed by atoms with Gasteiger partial charge in [-0.05, 0) is 18.2 Å². The Kier molecular flexibility index (Phi) is 4.89. The van der Waals surface area contributed by atoms with Crippen molar-refractivity contribution >= 4 is 29.0 Å². The molecule has 23 heavy (non-hydrogen) atoms. The van der Waals surface area contributed by atoms with Crippen LogP contribution in [0.2, 0.25) is 5.02 Å². The van der Waals surface area contributed by atoms with Crippen molar-refractivity contribution in [3.63, 3.8) is 0 Å². The summed E-state index contributed by atoms with van der Waals surface area (Å²) in [6, 6.07) is 2.79. The standard InChI is InChI=1S/C13H10ClF3N4O2/c1-23-12(22)11(21-7-18-6-20-21)5-19-10-4-8(13(15,16)17)2-3-9(10)14/h2-7,19H,1H3/b11-5+. The van der Waals surface area contributed by atoms with Crippen LogP contribution in [0.1, 0.15) is 5.56 Å². The first-order chi connectivity index (χ1) is 10.8. The van der Waals surface area contributed by atoms with Crippen LogP contribution in [0.4, 0.5) is 18.9 Å². The van der Waals surface area contributed by atoms with Crippen molar-refractivity contribution in [1.82, 2.24) is 14.8 Å². The second-order valence-corrected chi connectivity index (χ2v) is 4.61. The number of carbonyl (C=O) groups is 1. The van der Waals surface area contributed by atoms with E-state index in [0.717, 1.165) is 36.2 Å². The number of benzene rings is 1. The lowest BCUT2D eigenvalue weighted by Gasteiger charge is -2.11. The summed E-state index contributed by atoms with van der Waals surface area (Å²) in [5.41, 5.74) is -0.986. The predicted molar refractivity (Wildman–Crippen MR) is 76.4 cm³/mol. The summed E-state index contributed by atoms with van der Waals surface area (Å²) >= 11 is 5.86. The number of nitrogens with zero attached hydrogens (tertiary/aromatic N) is 3. The van der Waals surface area contributed by atoms with Gasteiger partial charge >= 0.3 is 12.1 Å². The third-order valence-corrected chi connectivity index (χ3v) is 3.05. The monoisotopic (exact) mass is 346 g/mol. The van der Waals surface area contributed by atoms with Gasteiger partial charge in [-0.2, -0.15) is 18.3 Å². The molecular weight excluding hydrogens is 337 g/mol. The van der Waals surface area contributed by atoms with E-state index in [1.165, 1.54) is 12.7 Å². The molecule has 10 heteroatoms. The van der Waals surface area contributed by atoms with Crippen molar-refractivity contribution in [2.24, 2.45) is 0 Å². The minimum Gasteiger partial charge on any atom is -0.464 e. The number of hydrogen-bond donors (Lipinski definition) is 1. The van der Waals surface area contributed by atoms with Crippen LogP contribution in [0, 0.1) is 0 Å². The first kappa shape index (κ1) is 16.8. The van der Waals surface area contributed by atoms with Gasteiger partial charge < -0.3 is 10.1 Å². The molecule has 1 heterocycles. The Bertz CT molecular complexity index is 729. The van der Waals surface area contributed by atoms with E-state index in [1.54, 1.807) is 0 Å². The van der Waals surface area contributed by atoms with Gasteiger partial charge in [0, 0.05) is 6.20 Å². The Morgan fingerprint density at radius 1 is 1.43 bits per heavy atom. The van der Waals surface area contributed by atoms with Crippen LogP contribution in [0.15, 0.2) is 37.1 Å². The third-order valence-electron chi connectivity index (χ3n) is 2.72. The van der Waals surface area contributed by atoms with Gasteiger partial charge in [0.25, 0.3) is 0 Å². The number of hydrogen-bond acceptors (Lipinski definition) is 5. The van der Waals surface area contributed by atoms with Gasteiger partial charge in [-0.15, -0.1) is 0 Å². The molecule has 122 valence electrons. The van der Waals surface area contributed by atoms with E-state index in [1.807, 2.05) is 0 Å². The molecule has 0 aliphatic heterocycles. The maximum atomic E-state index is 12.7. The average molecular weight is 347 g/mol. The summed E-state index contributed by atoms with van der Waals surface area (Å²) < 4.78 is 43.8. The highest BCUT2D eigenvalue weighted by Crippen LogP contribution is 2.33. The second kappa shape index (κ2) is 6.69. The van der Waals surface area contributed by atoms with Crippen LogP contribution < -0.4 is 5.32 Å². The van der Waals surface area contributed by atoms with Gasteiger partial charge in [0.2, 0.25) is 0 Å². The maximum absolute atomic E-state index is 12.7. The quantitative estimate of drug-likeness (QED) is 0.680. The molecule has 1 N–H and O–H groups in total. The van der Waals surface area contributed by atoms with Gasteiger partial charge in [0.15, 0.2) is 5.70 Å². The van der Waals surface area contributed by atoms with Gasteiger partial charge in [-0.25, -0.2) is 14.5 Å². The summed E-state index contributed by atoms with van der Waals surface area (Å²) in [7, 11) is 1.16. The summed E-state index contributed by atoms with van der Waals surface area (Å²) in [5.74, 6) is -0.758. The number of halogens is 4. The zero-order chi connectivity index (χ0) is 17.0. The topological polar surface area (TPSA) is 69.0 Å². The van der Waals surface area contributed by atoms with Crippen LogP contribution in [0.5, 0.6) is 0 Å². The highest BCUT2D eigenvalue weighted by Gasteiger charge is 2.30. The molecule has 6 nitrogen and oxygen atoms in total. The molecule has 0 aliphatic rings. The molecule has 0 saturated carbocycles. The molecule has 0 atom stereocenters. The fourth-order valence-electron chi connectivity index (χ4n) is 1.61. The molecule has 0 radical (unpaired) electrons. The van der Waals surface area contributed by atoms with E-state index in [4.69, 9.17) is 11.6 Å². The van der Waals surface area contributed by atoms with Crippen LogP contribution in [-0.4, -0.2) is 27.8 Å². The first-order valence-corrected chi connectivity index (χ1v) is 6.47.